The molecule has 0 N–H and O–H groups in total. The summed E-state index contributed by atoms with van der Waals surface area (Å²) < 4.78 is 42.9. The fraction of sp³-hybridized carbons (Fsp3) is 0.606. The Morgan fingerprint density at radius 3 is 2.61 bits per heavy atom. The highest BCUT2D eigenvalue weighted by Gasteiger charge is 2.67. The molecule has 3 aliphatic carbocycles. The maximum absolute atomic E-state index is 14.2. The number of sulfonamides is 1. The molecule has 41 heavy (non-hydrogen) atoms. The van der Waals surface area contributed by atoms with E-state index in [9.17, 15) is 13.2 Å². The van der Waals surface area contributed by atoms with Crippen LogP contribution in [-0.4, -0.2) is 61.4 Å². The number of hydrogen-bond donors (Lipinski definition) is 0. The van der Waals surface area contributed by atoms with Gasteiger partial charge in [-0.3, -0.25) is 9.69 Å². The summed E-state index contributed by atoms with van der Waals surface area (Å²) in [6.45, 7) is 8.25. The Morgan fingerprint density at radius 1 is 1.12 bits per heavy atom. The van der Waals surface area contributed by atoms with Crippen LogP contribution in [0.25, 0.3) is 0 Å². The second kappa shape index (κ2) is 10.1. The lowest BCUT2D eigenvalue weighted by atomic mass is 9.51. The summed E-state index contributed by atoms with van der Waals surface area (Å²) in [6.07, 6.45) is 5.95. The van der Waals surface area contributed by atoms with Crippen LogP contribution in [0, 0.1) is 17.8 Å². The molecule has 0 radical (unpaired) electrons. The lowest BCUT2D eigenvalue weighted by Crippen LogP contribution is -2.69. The van der Waals surface area contributed by atoms with E-state index in [1.165, 1.54) is 25.3 Å². The van der Waals surface area contributed by atoms with E-state index < -0.39 is 10.0 Å². The van der Waals surface area contributed by atoms with E-state index in [0.717, 1.165) is 61.6 Å². The smallest absolute Gasteiger partial charge is 0.308 e. The van der Waals surface area contributed by atoms with E-state index in [2.05, 4.69) is 18.7 Å². The van der Waals surface area contributed by atoms with Crippen molar-refractivity contribution in [3.05, 3.63) is 59.2 Å². The van der Waals surface area contributed by atoms with E-state index in [1.54, 1.807) is 4.31 Å². The zero-order valence-corrected chi connectivity index (χ0v) is 25.2. The van der Waals surface area contributed by atoms with Crippen molar-refractivity contribution in [2.45, 2.75) is 88.7 Å². The van der Waals surface area contributed by atoms with Gasteiger partial charge in [0.25, 0.3) is 0 Å². The van der Waals surface area contributed by atoms with Crippen LogP contribution in [0.2, 0.25) is 0 Å². The van der Waals surface area contributed by atoms with Crippen molar-refractivity contribution in [1.82, 2.24) is 9.21 Å². The molecule has 0 amide bonds. The first-order valence-corrected chi connectivity index (χ1v) is 17.1. The van der Waals surface area contributed by atoms with E-state index >= 15 is 0 Å². The maximum atomic E-state index is 14.2. The summed E-state index contributed by atoms with van der Waals surface area (Å²) in [6, 6.07) is 13.5. The molecule has 2 aromatic carbocycles. The Morgan fingerprint density at radius 2 is 1.90 bits per heavy atom. The van der Waals surface area contributed by atoms with Gasteiger partial charge >= 0.3 is 5.97 Å². The molecule has 5 aliphatic rings. The van der Waals surface area contributed by atoms with Gasteiger partial charge in [-0.15, -0.1) is 0 Å². The van der Waals surface area contributed by atoms with Gasteiger partial charge in [-0.25, -0.2) is 8.42 Å². The molecule has 220 valence electrons. The third-order valence-corrected chi connectivity index (χ3v) is 12.1. The zero-order valence-electron chi connectivity index (χ0n) is 24.4. The number of esters is 1. The monoisotopic (exact) mass is 578 g/mol. The van der Waals surface area contributed by atoms with Gasteiger partial charge in [0.15, 0.2) is 0 Å². The van der Waals surface area contributed by atoms with Crippen molar-refractivity contribution in [3.8, 4) is 11.5 Å². The molecule has 7 rings (SSSR count). The first-order chi connectivity index (χ1) is 19.7. The third-order valence-electron chi connectivity index (χ3n) is 10.3. The van der Waals surface area contributed by atoms with Crippen molar-refractivity contribution in [2.24, 2.45) is 17.8 Å². The van der Waals surface area contributed by atoms with E-state index in [-0.39, 0.29) is 35.2 Å². The number of carbonyl (C=O) groups is 1. The Bertz CT molecular complexity index is 1440. The minimum atomic E-state index is -3.61. The van der Waals surface area contributed by atoms with Crippen molar-refractivity contribution in [1.29, 1.82) is 0 Å². The Kier molecular flexibility index (Phi) is 6.75. The Hall–Kier alpha value is -2.42. The van der Waals surface area contributed by atoms with Crippen LogP contribution in [0.3, 0.4) is 0 Å². The van der Waals surface area contributed by atoms with Crippen LogP contribution >= 0.6 is 0 Å². The predicted octanol–water partition coefficient (Wildman–Crippen LogP) is 4.92. The number of benzene rings is 2. The van der Waals surface area contributed by atoms with Gasteiger partial charge in [0.1, 0.15) is 17.6 Å². The van der Waals surface area contributed by atoms with Crippen molar-refractivity contribution < 1.29 is 22.7 Å². The lowest BCUT2D eigenvalue weighted by molar-refractivity contribution is -0.132. The van der Waals surface area contributed by atoms with Crippen LogP contribution in [-0.2, 0) is 32.4 Å². The van der Waals surface area contributed by atoms with E-state index in [0.29, 0.717) is 24.3 Å². The molecule has 1 saturated heterocycles. The van der Waals surface area contributed by atoms with E-state index in [1.807, 2.05) is 42.5 Å². The molecule has 2 bridgehead atoms. The fourth-order valence-corrected chi connectivity index (χ4v) is 10.6. The minimum absolute atomic E-state index is 0.00714. The average Bonchev–Trinajstić information content (AvgIpc) is 3.68. The minimum Gasteiger partial charge on any atom is -0.487 e. The van der Waals surface area contributed by atoms with Gasteiger partial charge in [0.05, 0.1) is 11.8 Å². The molecular weight excluding hydrogens is 536 g/mol. The van der Waals surface area contributed by atoms with Crippen LogP contribution in [0.4, 0.5) is 0 Å². The SMILES string of the molecule is CC(=O)Oc1ccc2c3c1C[C@@H]1[C@@H]4CC[C@H](N(CC(C)C)S(=O)(=O)Cc5ccccc5)[C@H](O2)[C@]34CCN1CC1CC1. The van der Waals surface area contributed by atoms with Gasteiger partial charge in [0, 0.05) is 42.6 Å². The molecule has 1 spiro atoms. The Balaban J connectivity index is 1.31. The second-order valence-electron chi connectivity index (χ2n) is 13.5. The number of rotatable bonds is 9. The molecule has 8 heteroatoms. The normalized spacial score (nSPS) is 30.3. The topological polar surface area (TPSA) is 76.1 Å². The van der Waals surface area contributed by atoms with E-state index in [4.69, 9.17) is 9.47 Å². The first-order valence-electron chi connectivity index (χ1n) is 15.5. The van der Waals surface area contributed by atoms with Crippen LogP contribution < -0.4 is 9.47 Å². The molecule has 2 aliphatic heterocycles. The molecule has 5 atom stereocenters. The summed E-state index contributed by atoms with van der Waals surface area (Å²) >= 11 is 0. The highest BCUT2D eigenvalue weighted by molar-refractivity contribution is 7.88. The number of nitrogens with zero attached hydrogens (tertiary/aromatic N) is 2. The van der Waals surface area contributed by atoms with Crippen LogP contribution in [0.1, 0.15) is 69.6 Å². The molecule has 2 aromatic rings. The standard InChI is InChI=1S/C33H42N2O5S/c1-21(2)18-35(41(37,38)20-24-7-5-4-6-8-24)27-12-11-26-28-17-25-29(39-22(3)36)13-14-30-31(25)33(26,32(27)40-30)15-16-34(28)19-23-9-10-23/h4-8,13-14,21,23,26-28,32H,9-12,15-20H2,1-3H3/t26-,27-,28+,32-,33-/m0/s1. The first kappa shape index (κ1) is 27.4. The molecule has 7 nitrogen and oxygen atoms in total. The van der Waals surface area contributed by atoms with Gasteiger partial charge < -0.3 is 9.47 Å². The number of piperidine rings is 1. The highest BCUT2D eigenvalue weighted by atomic mass is 32.2. The van der Waals surface area contributed by atoms with Crippen molar-refractivity contribution in [3.63, 3.8) is 0 Å². The number of carbonyl (C=O) groups excluding carboxylic acids is 1. The fourth-order valence-electron chi connectivity index (χ4n) is 8.68. The predicted molar refractivity (Wildman–Crippen MR) is 157 cm³/mol. The average molecular weight is 579 g/mol. The second-order valence-corrected chi connectivity index (χ2v) is 15.4. The number of hydrogen-bond acceptors (Lipinski definition) is 6. The van der Waals surface area contributed by atoms with Gasteiger partial charge in [0.2, 0.25) is 10.0 Å². The largest absolute Gasteiger partial charge is 0.487 e. The zero-order chi connectivity index (χ0) is 28.5. The molecule has 0 aromatic heterocycles. The third kappa shape index (κ3) is 4.61. The van der Waals surface area contributed by atoms with Gasteiger partial charge in [-0.2, -0.15) is 4.31 Å². The Labute approximate surface area is 244 Å². The molecule has 2 saturated carbocycles. The lowest BCUT2D eigenvalue weighted by Gasteiger charge is -2.60. The number of likely N-dealkylation sites (tertiary alicyclic amines) is 1. The quantitative estimate of drug-likeness (QED) is 0.311. The summed E-state index contributed by atoms with van der Waals surface area (Å²) in [7, 11) is -3.61. The van der Waals surface area contributed by atoms with Crippen LogP contribution in [0.15, 0.2) is 42.5 Å². The maximum Gasteiger partial charge on any atom is 0.308 e. The number of ether oxygens (including phenoxy) is 2. The van der Waals surface area contributed by atoms with Gasteiger partial charge in [-0.05, 0) is 80.5 Å². The van der Waals surface area contributed by atoms with Crippen molar-refractivity contribution in [2.75, 3.05) is 19.6 Å². The summed E-state index contributed by atoms with van der Waals surface area (Å²) in [5, 5.41) is 0. The van der Waals surface area contributed by atoms with Crippen LogP contribution in [0.5, 0.6) is 11.5 Å². The molecule has 0 unspecified atom stereocenters. The van der Waals surface area contributed by atoms with Gasteiger partial charge in [-0.1, -0.05) is 44.2 Å². The molecule has 3 fully saturated rings. The summed E-state index contributed by atoms with van der Waals surface area (Å²) in [4.78, 5) is 14.8. The summed E-state index contributed by atoms with van der Waals surface area (Å²) in [5.41, 5.74) is 2.83. The molecular formula is C33H42N2O5S. The highest BCUT2D eigenvalue weighted by Crippen LogP contribution is 2.64. The summed E-state index contributed by atoms with van der Waals surface area (Å²) in [5.74, 6) is 2.56. The van der Waals surface area contributed by atoms with Crippen molar-refractivity contribution >= 4 is 16.0 Å². The molecule has 2 heterocycles.